The molecule has 8 nitrogen and oxygen atoms in total. The lowest BCUT2D eigenvalue weighted by molar-refractivity contribution is 0.0313. The summed E-state index contributed by atoms with van der Waals surface area (Å²) in [5.74, 6) is -1.18. The van der Waals surface area contributed by atoms with E-state index in [1.807, 2.05) is 62.3 Å². The Morgan fingerprint density at radius 1 is 0.737 bits per heavy atom. The summed E-state index contributed by atoms with van der Waals surface area (Å²) < 4.78 is 16.0. The largest absolute Gasteiger partial charge is 0.478 e. The first-order chi connectivity index (χ1) is 18.2. The molecule has 0 spiro atoms. The summed E-state index contributed by atoms with van der Waals surface area (Å²) in [5, 5.41) is 9.18. The zero-order valence-corrected chi connectivity index (χ0v) is 24.0. The number of carboxylic acids is 1. The first-order valence-corrected chi connectivity index (χ1v) is 13.3. The molecule has 0 saturated carbocycles. The van der Waals surface area contributed by atoms with Crippen LogP contribution in [0.25, 0.3) is 0 Å². The van der Waals surface area contributed by atoms with E-state index in [0.717, 1.165) is 55.8 Å². The van der Waals surface area contributed by atoms with Crippen molar-refractivity contribution >= 4 is 23.3 Å². The maximum Gasteiger partial charge on any atom is 0.338 e. The highest BCUT2D eigenvalue weighted by atomic mass is 16.6. The van der Waals surface area contributed by atoms with Crippen LogP contribution in [0.2, 0.25) is 0 Å². The Morgan fingerprint density at radius 3 is 1.82 bits per heavy atom. The summed E-state index contributed by atoms with van der Waals surface area (Å²) in [6, 6.07) is 12.8. The van der Waals surface area contributed by atoms with Crippen LogP contribution in [-0.4, -0.2) is 78.3 Å². The second-order valence-corrected chi connectivity index (χ2v) is 9.30. The van der Waals surface area contributed by atoms with Gasteiger partial charge in [0.2, 0.25) is 0 Å². The number of carbonyl (C=O) groups is 2. The van der Waals surface area contributed by atoms with Crippen molar-refractivity contribution in [3.05, 3.63) is 59.2 Å². The fourth-order valence-corrected chi connectivity index (χ4v) is 3.33. The summed E-state index contributed by atoms with van der Waals surface area (Å²) in [6.07, 6.45) is 4.94. The van der Waals surface area contributed by atoms with E-state index < -0.39 is 5.97 Å². The van der Waals surface area contributed by atoms with E-state index in [9.17, 15) is 14.7 Å². The average Bonchev–Trinajstić information content (AvgIpc) is 2.90. The summed E-state index contributed by atoms with van der Waals surface area (Å²) in [7, 11) is 7.80. The molecule has 1 N–H and O–H groups in total. The van der Waals surface area contributed by atoms with Gasteiger partial charge in [-0.15, -0.1) is 0 Å². The molecule has 0 aliphatic heterocycles. The van der Waals surface area contributed by atoms with Gasteiger partial charge in [0.25, 0.3) is 0 Å². The minimum Gasteiger partial charge on any atom is -0.478 e. The molecule has 0 bridgehead atoms. The number of ether oxygens (including phenoxy) is 3. The molecule has 0 aliphatic rings. The van der Waals surface area contributed by atoms with Gasteiger partial charge >= 0.3 is 11.9 Å². The van der Waals surface area contributed by atoms with Crippen molar-refractivity contribution in [2.45, 2.75) is 46.0 Å². The van der Waals surface area contributed by atoms with Gasteiger partial charge in [-0.2, -0.15) is 0 Å². The highest BCUT2D eigenvalue weighted by molar-refractivity contribution is 5.90. The zero-order valence-electron chi connectivity index (χ0n) is 24.0. The highest BCUT2D eigenvalue weighted by Crippen LogP contribution is 2.19. The van der Waals surface area contributed by atoms with Crippen molar-refractivity contribution in [3.8, 4) is 0 Å². The molecule has 2 aromatic carbocycles. The lowest BCUT2D eigenvalue weighted by Crippen LogP contribution is -2.12. The molecule has 0 radical (unpaired) electrons. The Hall–Kier alpha value is -3.10. The van der Waals surface area contributed by atoms with Gasteiger partial charge in [0.15, 0.2) is 0 Å². The number of hydrogen-bond acceptors (Lipinski definition) is 7. The number of hydrogen-bond donors (Lipinski definition) is 1. The molecule has 0 heterocycles. The van der Waals surface area contributed by atoms with Crippen LogP contribution in [0.3, 0.4) is 0 Å². The van der Waals surface area contributed by atoms with Gasteiger partial charge in [0.05, 0.1) is 24.3 Å². The number of carboxylic acid groups (broad SMARTS) is 1. The Morgan fingerprint density at radius 2 is 1.29 bits per heavy atom. The molecule has 0 amide bonds. The lowest BCUT2D eigenvalue weighted by atomic mass is 10.0. The van der Waals surface area contributed by atoms with Crippen LogP contribution in [0.1, 0.15) is 65.8 Å². The third-order valence-electron chi connectivity index (χ3n) is 5.72. The van der Waals surface area contributed by atoms with Gasteiger partial charge < -0.3 is 29.1 Å². The second-order valence-electron chi connectivity index (χ2n) is 9.30. The molecule has 212 valence electrons. The van der Waals surface area contributed by atoms with Crippen LogP contribution >= 0.6 is 0 Å². The van der Waals surface area contributed by atoms with Gasteiger partial charge in [-0.3, -0.25) is 0 Å². The average molecular weight is 531 g/mol. The second kappa shape index (κ2) is 19.0. The van der Waals surface area contributed by atoms with Crippen molar-refractivity contribution in [2.24, 2.45) is 0 Å². The van der Waals surface area contributed by atoms with Gasteiger partial charge in [-0.1, -0.05) is 26.7 Å². The van der Waals surface area contributed by atoms with Crippen LogP contribution in [0.5, 0.6) is 0 Å². The predicted molar refractivity (Wildman–Crippen MR) is 154 cm³/mol. The number of esters is 1. The summed E-state index contributed by atoms with van der Waals surface area (Å²) >= 11 is 0. The Balaban J connectivity index is 0.000000380. The van der Waals surface area contributed by atoms with Gasteiger partial charge in [0.1, 0.15) is 6.61 Å². The van der Waals surface area contributed by atoms with E-state index in [4.69, 9.17) is 14.2 Å². The number of carbonyl (C=O) groups excluding carboxylic acids is 1. The molecular formula is C30H46N2O6. The minimum atomic E-state index is -0.881. The van der Waals surface area contributed by atoms with Crippen LogP contribution in [-0.2, 0) is 20.6 Å². The zero-order chi connectivity index (χ0) is 28.3. The minimum absolute atomic E-state index is 0.301. The van der Waals surface area contributed by atoms with Gasteiger partial charge in [-0.25, -0.2) is 9.59 Å². The van der Waals surface area contributed by atoms with E-state index in [1.165, 1.54) is 0 Å². The van der Waals surface area contributed by atoms with Gasteiger partial charge in [0, 0.05) is 52.8 Å². The molecule has 8 heteroatoms. The Bertz CT molecular complexity index is 944. The molecule has 0 aliphatic carbocycles. The smallest absolute Gasteiger partial charge is 0.338 e. The van der Waals surface area contributed by atoms with Crippen LogP contribution in [0.15, 0.2) is 42.5 Å². The number of nitrogens with zero attached hydrogens (tertiary/aromatic N) is 2. The molecular weight excluding hydrogens is 484 g/mol. The number of unbranched alkanes of at least 4 members (excludes halogenated alkanes) is 2. The highest BCUT2D eigenvalue weighted by Gasteiger charge is 2.11. The maximum absolute atomic E-state index is 11.7. The summed E-state index contributed by atoms with van der Waals surface area (Å²) in [5.41, 5.74) is 3.83. The maximum atomic E-state index is 11.7. The number of aromatic carboxylic acids is 1. The summed E-state index contributed by atoms with van der Waals surface area (Å²) in [4.78, 5) is 26.9. The molecule has 0 fully saturated rings. The molecule has 0 aromatic heterocycles. The van der Waals surface area contributed by atoms with E-state index in [2.05, 4.69) is 13.8 Å². The van der Waals surface area contributed by atoms with E-state index in [-0.39, 0.29) is 5.97 Å². The van der Waals surface area contributed by atoms with E-state index in [0.29, 0.717) is 37.4 Å². The number of anilines is 2. The Labute approximate surface area is 228 Å². The lowest BCUT2D eigenvalue weighted by Gasteiger charge is -2.15. The SMILES string of the molecule is CCCCOCCOC(=O)c1ccc(N(C)C)cc1.CCCCOCCc1cc(N(C)C)ccc1C(=O)O. The molecule has 2 rings (SSSR count). The number of benzene rings is 2. The van der Waals surface area contributed by atoms with Crippen LogP contribution in [0, 0.1) is 0 Å². The van der Waals surface area contributed by atoms with Crippen molar-refractivity contribution in [1.29, 1.82) is 0 Å². The third-order valence-corrected chi connectivity index (χ3v) is 5.72. The topological polar surface area (TPSA) is 88.5 Å². The quantitative estimate of drug-likeness (QED) is 0.224. The molecule has 38 heavy (non-hydrogen) atoms. The molecule has 2 aromatic rings. The molecule has 0 unspecified atom stereocenters. The fourth-order valence-electron chi connectivity index (χ4n) is 3.33. The van der Waals surface area contributed by atoms with Gasteiger partial charge in [-0.05, 0) is 67.3 Å². The van der Waals surface area contributed by atoms with Crippen molar-refractivity contribution in [3.63, 3.8) is 0 Å². The Kier molecular flexibility index (Phi) is 16.5. The fraction of sp³-hybridized carbons (Fsp3) is 0.533. The normalized spacial score (nSPS) is 10.4. The third kappa shape index (κ3) is 12.9. The predicted octanol–water partition coefficient (Wildman–Crippen LogP) is 5.54. The standard InChI is InChI=1S/2C15H23NO3/c1-4-5-10-18-11-12-19-15(17)13-6-8-14(9-7-13)16(2)3;1-4-5-9-19-10-8-12-11-13(16(2)3)6-7-14(12)15(17)18/h6-9H,4-5,10-12H2,1-3H3;6-7,11H,4-5,8-10H2,1-3H3,(H,17,18). The number of rotatable bonds is 16. The first kappa shape index (κ1) is 32.9. The monoisotopic (exact) mass is 530 g/mol. The van der Waals surface area contributed by atoms with E-state index in [1.54, 1.807) is 18.2 Å². The van der Waals surface area contributed by atoms with Crippen LogP contribution in [0.4, 0.5) is 11.4 Å². The molecule has 0 atom stereocenters. The van der Waals surface area contributed by atoms with E-state index >= 15 is 0 Å². The summed E-state index contributed by atoms with van der Waals surface area (Å²) in [6.45, 7) is 7.03. The van der Waals surface area contributed by atoms with Crippen molar-refractivity contribution in [1.82, 2.24) is 0 Å². The van der Waals surface area contributed by atoms with Crippen molar-refractivity contribution < 1.29 is 28.9 Å². The van der Waals surface area contributed by atoms with Crippen LogP contribution < -0.4 is 9.80 Å². The first-order valence-electron chi connectivity index (χ1n) is 13.3. The molecule has 0 saturated heterocycles. The van der Waals surface area contributed by atoms with Crippen molar-refractivity contribution in [2.75, 3.05) is 71.0 Å².